The van der Waals surface area contributed by atoms with Crippen LogP contribution in [0.5, 0.6) is 0 Å². The second-order valence-corrected chi connectivity index (χ2v) is 19.9. The van der Waals surface area contributed by atoms with Crippen LogP contribution in [0.1, 0.15) is 34.2 Å². The molecule has 1 atom stereocenters. The Kier molecular flexibility index (Phi) is 8.62. The predicted molar refractivity (Wildman–Crippen MR) is 95.4 cm³/mol. The molecule has 3 rings (SSSR count). The van der Waals surface area contributed by atoms with Crippen molar-refractivity contribution >= 4 is 11.5 Å². The average Bonchev–Trinajstić information content (AvgIpc) is 2.79. The van der Waals surface area contributed by atoms with E-state index in [0.717, 1.165) is 11.1 Å². The van der Waals surface area contributed by atoms with E-state index in [4.69, 9.17) is 0 Å². The fourth-order valence-electron chi connectivity index (χ4n) is 3.43. The molecule has 7 heteroatoms. The van der Waals surface area contributed by atoms with Gasteiger partial charge in [0, 0.05) is 0 Å². The fraction of sp³-hybridized carbons (Fsp3) is 0.300. The van der Waals surface area contributed by atoms with Gasteiger partial charge in [0.1, 0.15) is 0 Å². The van der Waals surface area contributed by atoms with Gasteiger partial charge < -0.3 is 24.8 Å². The molecule has 2 aromatic rings. The first-order valence-electron chi connectivity index (χ1n) is 8.25. The van der Waals surface area contributed by atoms with Crippen LogP contribution in [0.15, 0.2) is 48.0 Å². The van der Waals surface area contributed by atoms with Crippen molar-refractivity contribution in [1.82, 2.24) is 0 Å². The van der Waals surface area contributed by atoms with Gasteiger partial charge >= 0.3 is 160 Å². The van der Waals surface area contributed by atoms with Crippen LogP contribution in [-0.2, 0) is 28.6 Å². The molecular weight excluding hydrogens is 487 g/mol. The minimum atomic E-state index is -4.29. The van der Waals surface area contributed by atoms with Crippen molar-refractivity contribution in [3.8, 4) is 11.1 Å². The van der Waals surface area contributed by atoms with Gasteiger partial charge in [-0.2, -0.15) is 0 Å². The van der Waals surface area contributed by atoms with Crippen LogP contribution in [-0.4, -0.2) is 5.92 Å². The molecule has 1 aliphatic rings. The van der Waals surface area contributed by atoms with Crippen LogP contribution in [0.4, 0.5) is 13.2 Å². The Morgan fingerprint density at radius 1 is 0.926 bits per heavy atom. The largest absolute Gasteiger partial charge is 1.00 e. The number of rotatable bonds is 3. The quantitative estimate of drug-likeness (QED) is 0.533. The molecule has 0 amide bonds. The van der Waals surface area contributed by atoms with Crippen molar-refractivity contribution in [3.05, 3.63) is 64.7 Å². The van der Waals surface area contributed by atoms with Crippen LogP contribution in [0, 0.1) is 0 Å². The first kappa shape index (κ1) is 24.7. The van der Waals surface area contributed by atoms with Crippen molar-refractivity contribution in [2.75, 3.05) is 0 Å². The van der Waals surface area contributed by atoms with E-state index in [1.165, 1.54) is 34.4 Å². The monoisotopic (exact) mass is 505 g/mol. The standard InChI is InChI=1S/C18H14F3.C2H6Si.2ClH.Zr/c1-11-10-14-4-3-5-16(17(14)12(11)2)13-6-8-15(9-7-13)18(19,20)21;1-3-2;;;/h3-10H,1-2H3;1-2H3;2*1H;/q;;;;+2/p-2. The summed E-state index contributed by atoms with van der Waals surface area (Å²) in [4.78, 5) is 0. The zero-order valence-electron chi connectivity index (χ0n) is 15.5. The van der Waals surface area contributed by atoms with E-state index in [0.29, 0.717) is 3.63 Å². The van der Waals surface area contributed by atoms with Crippen molar-refractivity contribution in [3.63, 3.8) is 0 Å². The average molecular weight is 508 g/mol. The zero-order valence-corrected chi connectivity index (χ0v) is 20.5. The molecule has 27 heavy (non-hydrogen) atoms. The summed E-state index contributed by atoms with van der Waals surface area (Å²) in [6.45, 7) is 9.20. The molecule has 0 aromatic heterocycles. The SMILES string of the molecule is CC1=C(C)[CH]([Zr+2][Si](C)C)c2cccc(-c3ccc(C(F)(F)F)cc3)c21.[Cl-].[Cl-]. The minimum absolute atomic E-state index is 0. The molecule has 0 saturated heterocycles. The Labute approximate surface area is 183 Å². The molecule has 0 bridgehead atoms. The summed E-state index contributed by atoms with van der Waals surface area (Å²) in [5.74, 6) is -0.203. The summed E-state index contributed by atoms with van der Waals surface area (Å²) >= 11 is -0.501. The minimum Gasteiger partial charge on any atom is -1.00 e. The van der Waals surface area contributed by atoms with Gasteiger partial charge in [-0.25, -0.2) is 0 Å². The molecule has 0 saturated carbocycles. The van der Waals surface area contributed by atoms with Crippen LogP contribution in [0.3, 0.4) is 0 Å². The number of hydrogen-bond donors (Lipinski definition) is 0. The van der Waals surface area contributed by atoms with E-state index in [9.17, 15) is 13.2 Å². The summed E-state index contributed by atoms with van der Waals surface area (Å²) in [5, 5.41) is 0. The summed E-state index contributed by atoms with van der Waals surface area (Å²) in [6.07, 6.45) is -4.29. The number of benzene rings is 2. The van der Waals surface area contributed by atoms with Crippen LogP contribution >= 0.6 is 0 Å². The van der Waals surface area contributed by atoms with E-state index >= 15 is 0 Å². The van der Waals surface area contributed by atoms with Crippen molar-refractivity contribution in [1.29, 1.82) is 0 Å². The summed E-state index contributed by atoms with van der Waals surface area (Å²) in [7, 11) is 0. The number of alkyl halides is 3. The van der Waals surface area contributed by atoms with Gasteiger partial charge in [0.2, 0.25) is 0 Å². The predicted octanol–water partition coefficient (Wildman–Crippen LogP) is 0.562. The van der Waals surface area contributed by atoms with Crippen LogP contribution < -0.4 is 24.8 Å². The molecule has 0 fully saturated rings. The molecule has 1 aliphatic carbocycles. The molecule has 0 heterocycles. The maximum absolute atomic E-state index is 12.8. The Morgan fingerprint density at radius 3 is 2.04 bits per heavy atom. The molecule has 1 unspecified atom stereocenters. The first-order valence-corrected chi connectivity index (χ1v) is 15.9. The maximum atomic E-state index is 12.8. The summed E-state index contributed by atoms with van der Waals surface area (Å²) < 4.78 is 39.1. The molecule has 0 aliphatic heterocycles. The van der Waals surface area contributed by atoms with Crippen LogP contribution in [0.25, 0.3) is 16.7 Å². The number of hydrogen-bond acceptors (Lipinski definition) is 0. The maximum Gasteiger partial charge on any atom is -1.00 e. The second-order valence-electron chi connectivity index (χ2n) is 6.73. The number of allylic oxidation sites excluding steroid dienone is 2. The molecule has 0 N–H and O–H groups in total. The van der Waals surface area contributed by atoms with Gasteiger partial charge in [0.15, 0.2) is 0 Å². The van der Waals surface area contributed by atoms with Crippen molar-refractivity contribution in [2.45, 2.75) is 36.7 Å². The topological polar surface area (TPSA) is 0 Å². The van der Waals surface area contributed by atoms with E-state index in [1.54, 1.807) is 12.1 Å². The molecule has 0 spiro atoms. The van der Waals surface area contributed by atoms with E-state index < -0.39 is 34.1 Å². The second kappa shape index (κ2) is 9.43. The Morgan fingerprint density at radius 2 is 1.52 bits per heavy atom. The molecule has 2 aromatic carbocycles. The van der Waals surface area contributed by atoms with Gasteiger partial charge in [-0.1, -0.05) is 0 Å². The van der Waals surface area contributed by atoms with Crippen LogP contribution in [0.2, 0.25) is 13.1 Å². The van der Waals surface area contributed by atoms with E-state index in [2.05, 4.69) is 39.1 Å². The molecule has 0 nitrogen and oxygen atoms in total. The molecule has 1 radical (unpaired) electrons. The van der Waals surface area contributed by atoms with Gasteiger partial charge in [-0.05, 0) is 0 Å². The third-order valence-corrected chi connectivity index (χ3v) is 13.8. The summed E-state index contributed by atoms with van der Waals surface area (Å²) in [6, 6.07) is 11.9. The van der Waals surface area contributed by atoms with Gasteiger partial charge in [-0.15, -0.1) is 0 Å². The first-order chi connectivity index (χ1) is 11.7. The Balaban J connectivity index is 0.00000182. The molecule has 143 valence electrons. The van der Waals surface area contributed by atoms with Crippen molar-refractivity contribution in [2.24, 2.45) is 0 Å². The Bertz CT molecular complexity index is 830. The Hall–Kier alpha value is -0.350. The number of fused-ring (bicyclic) bond motifs is 1. The van der Waals surface area contributed by atoms with Gasteiger partial charge in [0.25, 0.3) is 0 Å². The third-order valence-electron chi connectivity index (χ3n) is 4.76. The zero-order chi connectivity index (χ0) is 18.4. The fourth-order valence-corrected chi connectivity index (χ4v) is 12.5. The number of halogens is 5. The third kappa shape index (κ3) is 4.98. The summed E-state index contributed by atoms with van der Waals surface area (Å²) in [5.41, 5.74) is 6.79. The smallest absolute Gasteiger partial charge is 1.00 e. The van der Waals surface area contributed by atoms with E-state index in [-0.39, 0.29) is 30.7 Å². The normalized spacial score (nSPS) is 15.8. The van der Waals surface area contributed by atoms with E-state index in [1.807, 2.05) is 6.07 Å². The van der Waals surface area contributed by atoms with Crippen molar-refractivity contribution < 1.29 is 60.4 Å². The van der Waals surface area contributed by atoms with Gasteiger partial charge in [0.05, 0.1) is 0 Å². The molecular formula is C20H20Cl2F3SiZr. The van der Waals surface area contributed by atoms with Gasteiger partial charge in [-0.3, -0.25) is 0 Å².